The molecule has 1 atom stereocenters. The molecule has 110 valence electrons. The molecular formula is C11H17N5O3S. The van der Waals surface area contributed by atoms with Crippen LogP contribution >= 0.6 is 0 Å². The van der Waals surface area contributed by atoms with Crippen molar-refractivity contribution in [3.63, 3.8) is 0 Å². The van der Waals surface area contributed by atoms with Crippen molar-refractivity contribution >= 4 is 21.5 Å². The first-order valence-electron chi connectivity index (χ1n) is 5.96. The van der Waals surface area contributed by atoms with E-state index in [9.17, 15) is 13.5 Å². The Morgan fingerprint density at radius 2 is 2.25 bits per heavy atom. The molecule has 0 radical (unpaired) electrons. The summed E-state index contributed by atoms with van der Waals surface area (Å²) in [4.78, 5) is 4.12. The Balaban J connectivity index is 2.61. The number of sulfonamides is 1. The molecule has 0 spiro atoms. The molecule has 0 saturated heterocycles. The summed E-state index contributed by atoms with van der Waals surface area (Å²) < 4.78 is 27.7. The standard InChI is InChI=1S/C11H17N5O3S/c1-8(17)7-15(2)20(18,19)11-10(14-12)13-9-5-3-4-6-16(9)11/h3-6,8,14,17H,7,12H2,1-2H3. The van der Waals surface area contributed by atoms with Crippen LogP contribution in [0.3, 0.4) is 0 Å². The number of nitrogens with one attached hydrogen (secondary N) is 1. The van der Waals surface area contributed by atoms with Gasteiger partial charge in [0.25, 0.3) is 10.0 Å². The van der Waals surface area contributed by atoms with Crippen LogP contribution in [0.1, 0.15) is 6.92 Å². The number of aromatic nitrogens is 2. The van der Waals surface area contributed by atoms with Gasteiger partial charge in [-0.15, -0.1) is 0 Å². The predicted molar refractivity (Wildman–Crippen MR) is 74.5 cm³/mol. The molecule has 0 aliphatic heterocycles. The molecule has 1 unspecified atom stereocenters. The third-order valence-corrected chi connectivity index (χ3v) is 4.65. The second-order valence-corrected chi connectivity index (χ2v) is 6.43. The highest BCUT2D eigenvalue weighted by molar-refractivity contribution is 7.89. The number of pyridine rings is 1. The van der Waals surface area contributed by atoms with Crippen LogP contribution < -0.4 is 11.3 Å². The average Bonchev–Trinajstić information content (AvgIpc) is 2.76. The smallest absolute Gasteiger partial charge is 0.262 e. The van der Waals surface area contributed by atoms with Gasteiger partial charge in [0, 0.05) is 19.8 Å². The molecule has 9 heteroatoms. The van der Waals surface area contributed by atoms with Crippen molar-refractivity contribution in [2.24, 2.45) is 5.84 Å². The lowest BCUT2D eigenvalue weighted by Gasteiger charge is -2.18. The Morgan fingerprint density at radius 1 is 1.55 bits per heavy atom. The van der Waals surface area contributed by atoms with Gasteiger partial charge in [0.15, 0.2) is 5.82 Å². The molecule has 20 heavy (non-hydrogen) atoms. The number of imidazole rings is 1. The van der Waals surface area contributed by atoms with Crippen LogP contribution in [0.2, 0.25) is 0 Å². The zero-order chi connectivity index (χ0) is 14.9. The molecule has 4 N–H and O–H groups in total. The Morgan fingerprint density at radius 3 is 2.85 bits per heavy atom. The van der Waals surface area contributed by atoms with Gasteiger partial charge in [0.1, 0.15) is 5.65 Å². The summed E-state index contributed by atoms with van der Waals surface area (Å²) in [5.74, 6) is 5.42. The second kappa shape index (κ2) is 5.37. The number of nitrogens with two attached hydrogens (primary N) is 1. The lowest BCUT2D eigenvalue weighted by Crippen LogP contribution is -2.34. The monoisotopic (exact) mass is 299 g/mol. The molecule has 2 aromatic rings. The highest BCUT2D eigenvalue weighted by Gasteiger charge is 2.29. The van der Waals surface area contributed by atoms with Gasteiger partial charge in [-0.1, -0.05) is 6.07 Å². The minimum Gasteiger partial charge on any atom is -0.392 e. The van der Waals surface area contributed by atoms with Crippen molar-refractivity contribution in [1.29, 1.82) is 0 Å². The van der Waals surface area contributed by atoms with Gasteiger partial charge in [-0.3, -0.25) is 4.40 Å². The number of hydrogen-bond acceptors (Lipinski definition) is 6. The number of nitrogen functional groups attached to an aromatic ring is 1. The molecule has 0 aliphatic carbocycles. The number of nitrogens with zero attached hydrogens (tertiary/aromatic N) is 3. The van der Waals surface area contributed by atoms with Crippen molar-refractivity contribution in [3.05, 3.63) is 24.4 Å². The van der Waals surface area contributed by atoms with E-state index in [2.05, 4.69) is 10.4 Å². The maximum Gasteiger partial charge on any atom is 0.262 e. The van der Waals surface area contributed by atoms with Crippen LogP contribution in [0.4, 0.5) is 5.82 Å². The van der Waals surface area contributed by atoms with E-state index in [0.29, 0.717) is 5.65 Å². The third-order valence-electron chi connectivity index (χ3n) is 2.80. The first kappa shape index (κ1) is 14.7. The average molecular weight is 299 g/mol. The summed E-state index contributed by atoms with van der Waals surface area (Å²) in [5, 5.41) is 9.30. The van der Waals surface area contributed by atoms with E-state index >= 15 is 0 Å². The van der Waals surface area contributed by atoms with Crippen LogP contribution in [-0.4, -0.2) is 46.9 Å². The molecule has 0 aliphatic rings. The van der Waals surface area contributed by atoms with Crippen LogP contribution in [-0.2, 0) is 10.0 Å². The number of anilines is 1. The highest BCUT2D eigenvalue weighted by Crippen LogP contribution is 2.24. The van der Waals surface area contributed by atoms with Gasteiger partial charge in [0.2, 0.25) is 5.03 Å². The molecule has 2 aromatic heterocycles. The number of aliphatic hydroxyl groups excluding tert-OH is 1. The van der Waals surface area contributed by atoms with Gasteiger partial charge in [0.05, 0.1) is 6.10 Å². The summed E-state index contributed by atoms with van der Waals surface area (Å²) in [7, 11) is -2.44. The van der Waals surface area contributed by atoms with Crippen molar-refractivity contribution < 1.29 is 13.5 Å². The zero-order valence-electron chi connectivity index (χ0n) is 11.2. The van der Waals surface area contributed by atoms with Crippen molar-refractivity contribution in [2.45, 2.75) is 18.1 Å². The molecule has 0 aromatic carbocycles. The zero-order valence-corrected chi connectivity index (χ0v) is 12.0. The molecule has 8 nitrogen and oxygen atoms in total. The van der Waals surface area contributed by atoms with Crippen LogP contribution in [0.25, 0.3) is 5.65 Å². The largest absolute Gasteiger partial charge is 0.392 e. The second-order valence-electron chi connectivity index (χ2n) is 4.47. The molecule has 0 amide bonds. The Hall–Kier alpha value is -1.68. The predicted octanol–water partition coefficient (Wildman–Crippen LogP) is -0.379. The number of hydrogen-bond donors (Lipinski definition) is 3. The Bertz CT molecular complexity index is 710. The minimum atomic E-state index is -3.83. The highest BCUT2D eigenvalue weighted by atomic mass is 32.2. The summed E-state index contributed by atoms with van der Waals surface area (Å²) in [6, 6.07) is 5.12. The van der Waals surface area contributed by atoms with E-state index in [4.69, 9.17) is 5.84 Å². The number of hydrazine groups is 1. The first-order valence-corrected chi connectivity index (χ1v) is 7.40. The lowest BCUT2D eigenvalue weighted by molar-refractivity contribution is 0.171. The fourth-order valence-electron chi connectivity index (χ4n) is 1.93. The fraction of sp³-hybridized carbons (Fsp3) is 0.364. The fourth-order valence-corrected chi connectivity index (χ4v) is 3.39. The van der Waals surface area contributed by atoms with Crippen LogP contribution in [0.15, 0.2) is 29.4 Å². The SMILES string of the molecule is CC(O)CN(C)S(=O)(=O)c1c(NN)nc2ccccn12. The molecule has 2 rings (SSSR count). The van der Waals surface area contributed by atoms with Gasteiger partial charge >= 0.3 is 0 Å². The van der Waals surface area contributed by atoms with E-state index in [0.717, 1.165) is 4.31 Å². The van der Waals surface area contributed by atoms with Gasteiger partial charge < -0.3 is 10.5 Å². The van der Waals surface area contributed by atoms with Crippen molar-refractivity contribution in [2.75, 3.05) is 19.0 Å². The van der Waals surface area contributed by atoms with E-state index in [1.165, 1.54) is 18.4 Å². The summed E-state index contributed by atoms with van der Waals surface area (Å²) in [6.45, 7) is 1.50. The van der Waals surface area contributed by atoms with Gasteiger partial charge in [-0.05, 0) is 19.1 Å². The maximum atomic E-state index is 12.6. The van der Waals surface area contributed by atoms with Crippen molar-refractivity contribution in [3.8, 4) is 0 Å². The minimum absolute atomic E-state index is 0.0214. The molecule has 0 fully saturated rings. The van der Waals surface area contributed by atoms with Crippen LogP contribution in [0.5, 0.6) is 0 Å². The van der Waals surface area contributed by atoms with Crippen molar-refractivity contribution in [1.82, 2.24) is 13.7 Å². The summed E-state index contributed by atoms with van der Waals surface area (Å²) in [6.07, 6.45) is 0.815. The quantitative estimate of drug-likeness (QED) is 0.512. The van der Waals surface area contributed by atoms with E-state index in [1.54, 1.807) is 24.4 Å². The Labute approximate surface area is 116 Å². The summed E-state index contributed by atoms with van der Waals surface area (Å²) >= 11 is 0. The molecule has 0 bridgehead atoms. The number of aliphatic hydroxyl groups is 1. The number of rotatable bonds is 5. The molecular weight excluding hydrogens is 282 g/mol. The lowest BCUT2D eigenvalue weighted by atomic mass is 10.4. The third kappa shape index (κ3) is 2.48. The number of fused-ring (bicyclic) bond motifs is 1. The Kier molecular flexibility index (Phi) is 3.95. The molecule has 0 saturated carbocycles. The topological polar surface area (TPSA) is 113 Å². The van der Waals surface area contributed by atoms with E-state index < -0.39 is 16.1 Å². The van der Waals surface area contributed by atoms with E-state index in [-0.39, 0.29) is 17.4 Å². The molecule has 2 heterocycles. The van der Waals surface area contributed by atoms with Gasteiger partial charge in [-0.2, -0.15) is 4.31 Å². The maximum absolute atomic E-state index is 12.6. The normalized spacial score (nSPS) is 13.8. The number of likely N-dealkylation sites (N-methyl/N-ethyl adjacent to an activating group) is 1. The van der Waals surface area contributed by atoms with E-state index in [1.807, 2.05) is 0 Å². The van der Waals surface area contributed by atoms with Crippen LogP contribution in [0, 0.1) is 0 Å². The first-order chi connectivity index (χ1) is 9.37. The summed E-state index contributed by atoms with van der Waals surface area (Å²) in [5.41, 5.74) is 2.76. The van der Waals surface area contributed by atoms with Gasteiger partial charge in [-0.25, -0.2) is 19.2 Å².